The third-order valence-electron chi connectivity index (χ3n) is 3.88. The molecule has 1 aliphatic rings. The SMILES string of the molecule is O=C(COc1ccc(-c2nnco2)cc1)NC(=O)Nc1ccc2c(c1)OCCO2. The van der Waals surface area contributed by atoms with Crippen LogP contribution in [0.4, 0.5) is 10.5 Å². The highest BCUT2D eigenvalue weighted by molar-refractivity contribution is 6.01. The first-order chi connectivity index (χ1) is 14.2. The van der Waals surface area contributed by atoms with Crippen molar-refractivity contribution in [1.29, 1.82) is 0 Å². The van der Waals surface area contributed by atoms with Crippen molar-refractivity contribution in [2.24, 2.45) is 0 Å². The minimum absolute atomic E-state index is 0.325. The molecule has 1 aromatic heterocycles. The Labute approximate surface area is 164 Å². The number of amides is 3. The lowest BCUT2D eigenvalue weighted by Gasteiger charge is -2.19. The van der Waals surface area contributed by atoms with Crippen LogP contribution in [0.25, 0.3) is 11.5 Å². The first-order valence-corrected chi connectivity index (χ1v) is 8.67. The summed E-state index contributed by atoms with van der Waals surface area (Å²) >= 11 is 0. The van der Waals surface area contributed by atoms with Crippen LogP contribution in [-0.2, 0) is 4.79 Å². The molecule has 1 aliphatic heterocycles. The van der Waals surface area contributed by atoms with E-state index in [1.807, 2.05) is 0 Å². The lowest BCUT2D eigenvalue weighted by atomic mass is 10.2. The molecule has 0 bridgehead atoms. The molecule has 0 atom stereocenters. The van der Waals surface area contributed by atoms with E-state index in [1.165, 1.54) is 6.39 Å². The molecule has 10 nitrogen and oxygen atoms in total. The second-order valence-corrected chi connectivity index (χ2v) is 5.92. The third-order valence-corrected chi connectivity index (χ3v) is 3.88. The Bertz CT molecular complexity index is 1000. The van der Waals surface area contributed by atoms with Crippen molar-refractivity contribution in [3.63, 3.8) is 0 Å². The Kier molecular flexibility index (Phi) is 5.23. The molecule has 29 heavy (non-hydrogen) atoms. The summed E-state index contributed by atoms with van der Waals surface area (Å²) in [6, 6.07) is 11.0. The van der Waals surface area contributed by atoms with E-state index in [0.717, 1.165) is 5.56 Å². The largest absolute Gasteiger partial charge is 0.486 e. The monoisotopic (exact) mass is 396 g/mol. The number of fused-ring (bicyclic) bond motifs is 1. The molecule has 0 saturated heterocycles. The standard InChI is InChI=1S/C19H16N4O6/c24-17(10-28-14-4-1-12(2-5-14)18-23-20-11-29-18)22-19(25)21-13-3-6-15-16(9-13)27-8-7-26-15/h1-6,9,11H,7-8,10H2,(H2,21,22,24,25). The lowest BCUT2D eigenvalue weighted by Crippen LogP contribution is -2.37. The van der Waals surface area contributed by atoms with Crippen molar-refractivity contribution in [2.75, 3.05) is 25.1 Å². The first-order valence-electron chi connectivity index (χ1n) is 8.67. The second kappa shape index (κ2) is 8.30. The van der Waals surface area contributed by atoms with Gasteiger partial charge in [-0.1, -0.05) is 0 Å². The highest BCUT2D eigenvalue weighted by Crippen LogP contribution is 2.32. The molecule has 4 rings (SSSR count). The number of aromatic nitrogens is 2. The van der Waals surface area contributed by atoms with Crippen molar-refractivity contribution in [3.8, 4) is 28.7 Å². The topological polar surface area (TPSA) is 125 Å². The van der Waals surface area contributed by atoms with Gasteiger partial charge in [-0.15, -0.1) is 10.2 Å². The zero-order valence-corrected chi connectivity index (χ0v) is 15.1. The summed E-state index contributed by atoms with van der Waals surface area (Å²) in [4.78, 5) is 23.9. The maximum absolute atomic E-state index is 12.0. The van der Waals surface area contributed by atoms with E-state index < -0.39 is 11.9 Å². The molecule has 2 heterocycles. The Hall–Kier alpha value is -4.08. The smallest absolute Gasteiger partial charge is 0.325 e. The van der Waals surface area contributed by atoms with E-state index in [-0.39, 0.29) is 6.61 Å². The van der Waals surface area contributed by atoms with Gasteiger partial charge in [0.1, 0.15) is 19.0 Å². The zero-order chi connectivity index (χ0) is 20.1. The fraction of sp³-hybridized carbons (Fsp3) is 0.158. The minimum atomic E-state index is -0.679. The fourth-order valence-corrected chi connectivity index (χ4v) is 2.59. The van der Waals surface area contributed by atoms with Gasteiger partial charge in [-0.3, -0.25) is 10.1 Å². The third kappa shape index (κ3) is 4.61. The van der Waals surface area contributed by atoms with Gasteiger partial charge >= 0.3 is 6.03 Å². The van der Waals surface area contributed by atoms with Crippen LogP contribution >= 0.6 is 0 Å². The number of rotatable bonds is 5. The number of carbonyl (C=O) groups is 2. The number of imide groups is 1. The summed E-state index contributed by atoms with van der Waals surface area (Å²) in [5.74, 6) is 1.38. The van der Waals surface area contributed by atoms with E-state index in [2.05, 4.69) is 20.8 Å². The van der Waals surface area contributed by atoms with Gasteiger partial charge in [0.15, 0.2) is 18.1 Å². The quantitative estimate of drug-likeness (QED) is 0.673. The van der Waals surface area contributed by atoms with Gasteiger partial charge in [0, 0.05) is 17.3 Å². The highest BCUT2D eigenvalue weighted by Gasteiger charge is 2.14. The van der Waals surface area contributed by atoms with Gasteiger partial charge in [0.25, 0.3) is 5.91 Å². The number of nitrogens with one attached hydrogen (secondary N) is 2. The Morgan fingerprint density at radius 2 is 1.83 bits per heavy atom. The van der Waals surface area contributed by atoms with Crippen LogP contribution in [0, 0.1) is 0 Å². The van der Waals surface area contributed by atoms with Crippen molar-refractivity contribution in [2.45, 2.75) is 0 Å². The molecular weight excluding hydrogens is 380 g/mol. The van der Waals surface area contributed by atoms with E-state index in [1.54, 1.807) is 42.5 Å². The van der Waals surface area contributed by atoms with Crippen LogP contribution in [0.2, 0.25) is 0 Å². The van der Waals surface area contributed by atoms with Crippen LogP contribution in [0.5, 0.6) is 17.2 Å². The predicted octanol–water partition coefficient (Wildman–Crippen LogP) is 2.23. The van der Waals surface area contributed by atoms with E-state index in [0.29, 0.717) is 42.0 Å². The molecule has 0 radical (unpaired) electrons. The summed E-state index contributed by atoms with van der Waals surface area (Å²) in [5.41, 5.74) is 1.19. The number of urea groups is 1. The van der Waals surface area contributed by atoms with E-state index >= 15 is 0 Å². The van der Waals surface area contributed by atoms with Gasteiger partial charge in [-0.05, 0) is 36.4 Å². The number of benzene rings is 2. The maximum atomic E-state index is 12.0. The fourth-order valence-electron chi connectivity index (χ4n) is 2.59. The Morgan fingerprint density at radius 3 is 2.59 bits per heavy atom. The van der Waals surface area contributed by atoms with Crippen LogP contribution in [0.15, 0.2) is 53.3 Å². The lowest BCUT2D eigenvalue weighted by molar-refractivity contribution is -0.121. The number of carbonyl (C=O) groups excluding carboxylic acids is 2. The summed E-state index contributed by atoms with van der Waals surface area (Å²) < 4.78 is 21.3. The number of anilines is 1. The summed E-state index contributed by atoms with van der Waals surface area (Å²) in [7, 11) is 0. The molecule has 10 heteroatoms. The second-order valence-electron chi connectivity index (χ2n) is 5.92. The minimum Gasteiger partial charge on any atom is -0.486 e. The van der Waals surface area contributed by atoms with Crippen LogP contribution in [0.1, 0.15) is 0 Å². The molecule has 0 fully saturated rings. The highest BCUT2D eigenvalue weighted by atomic mass is 16.6. The van der Waals surface area contributed by atoms with Gasteiger partial charge in [-0.25, -0.2) is 4.79 Å². The normalized spacial score (nSPS) is 12.1. The van der Waals surface area contributed by atoms with Gasteiger partial charge in [0.2, 0.25) is 12.3 Å². The molecule has 3 amide bonds. The molecule has 0 spiro atoms. The molecule has 0 aliphatic carbocycles. The average Bonchev–Trinajstić information content (AvgIpc) is 3.27. The number of nitrogens with zero attached hydrogens (tertiary/aromatic N) is 2. The van der Waals surface area contributed by atoms with E-state index in [4.69, 9.17) is 18.6 Å². The molecule has 148 valence electrons. The molecular formula is C19H16N4O6. The van der Waals surface area contributed by atoms with Crippen LogP contribution in [0.3, 0.4) is 0 Å². The van der Waals surface area contributed by atoms with E-state index in [9.17, 15) is 9.59 Å². The molecule has 3 aromatic rings. The van der Waals surface area contributed by atoms with Gasteiger partial charge in [0.05, 0.1) is 0 Å². The van der Waals surface area contributed by atoms with Gasteiger partial charge in [-0.2, -0.15) is 0 Å². The maximum Gasteiger partial charge on any atom is 0.325 e. The average molecular weight is 396 g/mol. The first kappa shape index (κ1) is 18.3. The molecule has 0 saturated carbocycles. The Balaban J connectivity index is 1.25. The summed E-state index contributed by atoms with van der Waals surface area (Å²) in [6.07, 6.45) is 1.24. The van der Waals surface area contributed by atoms with Crippen molar-refractivity contribution < 1.29 is 28.2 Å². The van der Waals surface area contributed by atoms with Crippen molar-refractivity contribution in [3.05, 3.63) is 48.9 Å². The number of hydrogen-bond donors (Lipinski definition) is 2. The van der Waals surface area contributed by atoms with Gasteiger partial charge < -0.3 is 23.9 Å². The number of hydrogen-bond acceptors (Lipinski definition) is 8. The summed E-state index contributed by atoms with van der Waals surface area (Å²) in [5, 5.41) is 12.2. The van der Waals surface area contributed by atoms with Crippen molar-refractivity contribution in [1.82, 2.24) is 15.5 Å². The molecule has 0 unspecified atom stereocenters. The zero-order valence-electron chi connectivity index (χ0n) is 15.1. The number of ether oxygens (including phenoxy) is 3. The molecule has 2 aromatic carbocycles. The Morgan fingerprint density at radius 1 is 1.03 bits per heavy atom. The van der Waals surface area contributed by atoms with Crippen molar-refractivity contribution >= 4 is 17.6 Å². The van der Waals surface area contributed by atoms with Crippen LogP contribution < -0.4 is 24.8 Å². The summed E-state index contributed by atoms with van der Waals surface area (Å²) in [6.45, 7) is 0.595. The predicted molar refractivity (Wildman–Crippen MR) is 99.8 cm³/mol. The molecule has 2 N–H and O–H groups in total. The van der Waals surface area contributed by atoms with Crippen LogP contribution in [-0.4, -0.2) is 42.0 Å².